The van der Waals surface area contributed by atoms with E-state index in [1.54, 1.807) is 6.08 Å². The summed E-state index contributed by atoms with van der Waals surface area (Å²) in [7, 11) is 0. The largest absolute Gasteiger partial charge is 0.457 e. The normalized spacial score (nSPS) is 17.5. The molecule has 4 aromatic rings. The molecule has 1 saturated heterocycles. The Morgan fingerprint density at radius 2 is 1.60 bits per heavy atom. The summed E-state index contributed by atoms with van der Waals surface area (Å²) in [5.41, 5.74) is 3.49. The molecule has 5 nitrogen and oxygen atoms in total. The van der Waals surface area contributed by atoms with Gasteiger partial charge in [-0.15, -0.1) is 0 Å². The number of fused-ring (bicyclic) bond motifs is 1. The number of thioether (sulfide) groups is 1. The number of hydrogen-bond donors (Lipinski definition) is 0. The van der Waals surface area contributed by atoms with Crippen LogP contribution in [0, 0.1) is 6.92 Å². The van der Waals surface area contributed by atoms with E-state index < -0.39 is 0 Å². The van der Waals surface area contributed by atoms with Gasteiger partial charge in [0.1, 0.15) is 11.5 Å². The number of aliphatic imine (C=N–C) groups is 1. The predicted molar refractivity (Wildman–Crippen MR) is 145 cm³/mol. The number of benzene rings is 3. The molecule has 0 saturated carbocycles. The van der Waals surface area contributed by atoms with Gasteiger partial charge in [-0.25, -0.2) is 0 Å². The van der Waals surface area contributed by atoms with E-state index in [9.17, 15) is 4.79 Å². The number of amidine groups is 1. The first-order valence-electron chi connectivity index (χ1n) is 11.8. The first-order chi connectivity index (χ1) is 17.1. The Hall–Kier alpha value is -3.77. The van der Waals surface area contributed by atoms with Gasteiger partial charge in [-0.1, -0.05) is 66.2 Å². The molecule has 1 fully saturated rings. The van der Waals surface area contributed by atoms with Gasteiger partial charge < -0.3 is 14.2 Å². The highest BCUT2D eigenvalue weighted by Crippen LogP contribution is 2.33. The Bertz CT molecular complexity index is 1460. The van der Waals surface area contributed by atoms with Crippen LogP contribution >= 0.6 is 11.8 Å². The number of carbonyl (C=O) groups excluding carboxylic acids is 1. The second kappa shape index (κ2) is 9.12. The molecule has 6 rings (SSSR count). The summed E-state index contributed by atoms with van der Waals surface area (Å²) in [6.07, 6.45) is 1.80. The molecule has 0 spiro atoms. The molecular formula is C29H25N3O2S. The average Bonchev–Trinajstić information content (AvgIpc) is 3.51. The van der Waals surface area contributed by atoms with E-state index in [1.807, 2.05) is 24.3 Å². The van der Waals surface area contributed by atoms with Crippen molar-refractivity contribution in [3.63, 3.8) is 0 Å². The van der Waals surface area contributed by atoms with Crippen LogP contribution in [0.1, 0.15) is 11.3 Å². The maximum atomic E-state index is 12.6. The van der Waals surface area contributed by atoms with Crippen LogP contribution in [-0.4, -0.2) is 42.2 Å². The summed E-state index contributed by atoms with van der Waals surface area (Å²) < 4.78 is 5.99. The molecule has 35 heavy (non-hydrogen) atoms. The molecule has 0 N–H and O–H groups in total. The van der Waals surface area contributed by atoms with Gasteiger partial charge in [0.15, 0.2) is 5.17 Å². The van der Waals surface area contributed by atoms with E-state index in [-0.39, 0.29) is 5.91 Å². The third-order valence-electron chi connectivity index (χ3n) is 6.50. The number of piperazine rings is 1. The molecule has 3 aromatic carbocycles. The van der Waals surface area contributed by atoms with Crippen LogP contribution in [0.2, 0.25) is 0 Å². The van der Waals surface area contributed by atoms with Gasteiger partial charge in [0.2, 0.25) is 0 Å². The molecule has 6 heteroatoms. The summed E-state index contributed by atoms with van der Waals surface area (Å²) >= 11 is 1.44. The minimum absolute atomic E-state index is 0.199. The van der Waals surface area contributed by atoms with Crippen molar-refractivity contribution in [2.75, 3.05) is 31.1 Å². The molecule has 0 aliphatic carbocycles. The minimum atomic E-state index is -0.199. The standard InChI is InChI=1S/C29H25N3O2S/c1-20-9-11-22(12-10-20)26-14-13-23(34-26)19-27-28(33)30-29(35-27)32-17-15-31(16-18-32)25-8-4-6-21-5-2-3-7-24(21)25/h2-14,19H,15-18H2,1H3/b27-19-. The van der Waals surface area contributed by atoms with Crippen LogP contribution in [0.15, 0.2) is 93.2 Å². The van der Waals surface area contributed by atoms with Gasteiger partial charge >= 0.3 is 0 Å². The van der Waals surface area contributed by atoms with Crippen molar-refractivity contribution in [3.05, 3.63) is 95.1 Å². The molecule has 1 amide bonds. The lowest BCUT2D eigenvalue weighted by Crippen LogP contribution is -2.47. The Morgan fingerprint density at radius 1 is 0.857 bits per heavy atom. The molecule has 3 heterocycles. The maximum Gasteiger partial charge on any atom is 0.286 e. The van der Waals surface area contributed by atoms with Crippen molar-refractivity contribution < 1.29 is 9.21 Å². The molecule has 174 valence electrons. The zero-order chi connectivity index (χ0) is 23.8. The molecule has 2 aliphatic rings. The van der Waals surface area contributed by atoms with Crippen LogP contribution in [-0.2, 0) is 4.79 Å². The second-order valence-corrected chi connectivity index (χ2v) is 9.86. The first kappa shape index (κ1) is 21.7. The van der Waals surface area contributed by atoms with Gasteiger partial charge in [0.05, 0.1) is 4.91 Å². The van der Waals surface area contributed by atoms with Crippen molar-refractivity contribution in [1.29, 1.82) is 0 Å². The Labute approximate surface area is 208 Å². The number of aryl methyl sites for hydroxylation is 1. The lowest BCUT2D eigenvalue weighted by atomic mass is 10.1. The van der Waals surface area contributed by atoms with Crippen LogP contribution in [0.25, 0.3) is 28.2 Å². The van der Waals surface area contributed by atoms with E-state index >= 15 is 0 Å². The van der Waals surface area contributed by atoms with Gasteiger partial charge in [0, 0.05) is 48.9 Å². The van der Waals surface area contributed by atoms with Gasteiger partial charge in [0.25, 0.3) is 5.91 Å². The molecule has 0 bridgehead atoms. The van der Waals surface area contributed by atoms with Crippen LogP contribution in [0.5, 0.6) is 0 Å². The van der Waals surface area contributed by atoms with Crippen LogP contribution in [0.3, 0.4) is 0 Å². The summed E-state index contributed by atoms with van der Waals surface area (Å²) in [6, 6.07) is 27.0. The zero-order valence-corrected chi connectivity index (χ0v) is 20.3. The smallest absolute Gasteiger partial charge is 0.286 e. The summed E-state index contributed by atoms with van der Waals surface area (Å²) in [5.74, 6) is 1.25. The van der Waals surface area contributed by atoms with Gasteiger partial charge in [-0.05, 0) is 42.3 Å². The highest BCUT2D eigenvalue weighted by molar-refractivity contribution is 8.18. The predicted octanol–water partition coefficient (Wildman–Crippen LogP) is 6.20. The van der Waals surface area contributed by atoms with Crippen molar-refractivity contribution in [2.24, 2.45) is 4.99 Å². The summed E-state index contributed by atoms with van der Waals surface area (Å²) in [6.45, 7) is 5.49. The number of nitrogens with zero attached hydrogens (tertiary/aromatic N) is 3. The van der Waals surface area contributed by atoms with E-state index in [4.69, 9.17) is 4.42 Å². The SMILES string of the molecule is Cc1ccc(-c2ccc(/C=C3\SC(N4CCN(c5cccc6ccccc56)CC4)=NC3=O)o2)cc1. The number of anilines is 1. The van der Waals surface area contributed by atoms with Crippen molar-refractivity contribution >= 4 is 45.4 Å². The highest BCUT2D eigenvalue weighted by atomic mass is 32.2. The number of amides is 1. The lowest BCUT2D eigenvalue weighted by molar-refractivity contribution is -0.113. The Kier molecular flexibility index (Phi) is 5.66. The fourth-order valence-corrected chi connectivity index (χ4v) is 5.53. The van der Waals surface area contributed by atoms with E-state index in [0.29, 0.717) is 10.7 Å². The molecule has 0 atom stereocenters. The molecule has 0 radical (unpaired) electrons. The number of furan rings is 1. The van der Waals surface area contributed by atoms with E-state index in [0.717, 1.165) is 42.7 Å². The van der Waals surface area contributed by atoms with Crippen LogP contribution in [0.4, 0.5) is 5.69 Å². The van der Waals surface area contributed by atoms with Crippen molar-refractivity contribution in [1.82, 2.24) is 4.90 Å². The molecular weight excluding hydrogens is 454 g/mol. The van der Waals surface area contributed by atoms with Gasteiger partial charge in [-0.3, -0.25) is 4.79 Å². The van der Waals surface area contributed by atoms with E-state index in [1.165, 1.54) is 33.8 Å². The highest BCUT2D eigenvalue weighted by Gasteiger charge is 2.29. The minimum Gasteiger partial charge on any atom is -0.457 e. The topological polar surface area (TPSA) is 49.0 Å². The quantitative estimate of drug-likeness (QED) is 0.328. The van der Waals surface area contributed by atoms with Gasteiger partial charge in [-0.2, -0.15) is 4.99 Å². The number of rotatable bonds is 3. The average molecular weight is 480 g/mol. The molecule has 0 unspecified atom stereocenters. The van der Waals surface area contributed by atoms with E-state index in [2.05, 4.69) is 76.3 Å². The summed E-state index contributed by atoms with van der Waals surface area (Å²) in [4.78, 5) is 22.2. The molecule has 2 aliphatic heterocycles. The van der Waals surface area contributed by atoms with Crippen LogP contribution < -0.4 is 4.90 Å². The third-order valence-corrected chi connectivity index (χ3v) is 7.55. The number of hydrogen-bond acceptors (Lipinski definition) is 5. The van der Waals surface area contributed by atoms with Crippen molar-refractivity contribution in [3.8, 4) is 11.3 Å². The fraction of sp³-hybridized carbons (Fsp3) is 0.172. The Balaban J connectivity index is 1.12. The third kappa shape index (κ3) is 4.37. The maximum absolute atomic E-state index is 12.6. The zero-order valence-electron chi connectivity index (χ0n) is 19.5. The van der Waals surface area contributed by atoms with Crippen molar-refractivity contribution in [2.45, 2.75) is 6.92 Å². The first-order valence-corrected chi connectivity index (χ1v) is 12.6. The molecule has 1 aromatic heterocycles. The Morgan fingerprint density at radius 3 is 2.43 bits per heavy atom. The summed E-state index contributed by atoms with van der Waals surface area (Å²) in [5, 5.41) is 3.32. The fourth-order valence-electron chi connectivity index (χ4n) is 4.59. The lowest BCUT2D eigenvalue weighted by Gasteiger charge is -2.37. The monoisotopic (exact) mass is 479 g/mol. The number of carbonyl (C=O) groups is 1. The second-order valence-electron chi connectivity index (χ2n) is 8.85.